The molecule has 0 bridgehead atoms. The van der Waals surface area contributed by atoms with Gasteiger partial charge in [0.1, 0.15) is 0 Å². The van der Waals surface area contributed by atoms with Crippen LogP contribution in [0.25, 0.3) is 0 Å². The summed E-state index contributed by atoms with van der Waals surface area (Å²) in [5.41, 5.74) is 0. The van der Waals surface area contributed by atoms with Gasteiger partial charge in [-0.25, -0.2) is 0 Å². The summed E-state index contributed by atoms with van der Waals surface area (Å²) in [5, 5.41) is 16.2. The van der Waals surface area contributed by atoms with Crippen molar-refractivity contribution < 1.29 is 14.4 Å². The fourth-order valence-electron chi connectivity index (χ4n) is 1.89. The SMILES string of the molecule is CCCc1noc(CCC(=O)NCC(O)C2CC2)n1. The zero-order chi connectivity index (χ0) is 13.7. The van der Waals surface area contributed by atoms with Crippen LogP contribution in [0.3, 0.4) is 0 Å². The number of aliphatic hydroxyl groups excluding tert-OH is 1. The Balaban J connectivity index is 1.64. The van der Waals surface area contributed by atoms with E-state index in [1.807, 2.05) is 0 Å². The van der Waals surface area contributed by atoms with Crippen LogP contribution < -0.4 is 5.32 Å². The Kier molecular flexibility index (Phi) is 4.90. The van der Waals surface area contributed by atoms with E-state index in [4.69, 9.17) is 4.52 Å². The fourth-order valence-corrected chi connectivity index (χ4v) is 1.89. The minimum absolute atomic E-state index is 0.0880. The Bertz CT molecular complexity index is 415. The van der Waals surface area contributed by atoms with Crippen LogP contribution in [0.5, 0.6) is 0 Å². The molecule has 1 aliphatic carbocycles. The van der Waals surface area contributed by atoms with E-state index < -0.39 is 6.10 Å². The number of aryl methyl sites for hydroxylation is 2. The average Bonchev–Trinajstić information content (AvgIpc) is 3.16. The van der Waals surface area contributed by atoms with Crippen molar-refractivity contribution in [3.8, 4) is 0 Å². The number of nitrogens with one attached hydrogen (secondary N) is 1. The molecule has 1 aromatic heterocycles. The molecule has 1 unspecified atom stereocenters. The molecule has 0 aliphatic heterocycles. The van der Waals surface area contributed by atoms with Crippen LogP contribution in [0.1, 0.15) is 44.3 Å². The summed E-state index contributed by atoms with van der Waals surface area (Å²) in [5.74, 6) is 1.49. The molecule has 2 N–H and O–H groups in total. The summed E-state index contributed by atoms with van der Waals surface area (Å²) in [6.07, 6.45) is 4.26. The zero-order valence-electron chi connectivity index (χ0n) is 11.3. The molecule has 1 amide bonds. The molecule has 1 saturated carbocycles. The lowest BCUT2D eigenvalue weighted by atomic mass is 10.2. The van der Waals surface area contributed by atoms with Crippen molar-refractivity contribution in [2.75, 3.05) is 6.54 Å². The smallest absolute Gasteiger partial charge is 0.227 e. The molecule has 1 aliphatic rings. The fraction of sp³-hybridized carbons (Fsp3) is 0.769. The first-order chi connectivity index (χ1) is 9.19. The second-order valence-electron chi connectivity index (χ2n) is 5.06. The Labute approximate surface area is 112 Å². The van der Waals surface area contributed by atoms with Crippen LogP contribution in [0.2, 0.25) is 0 Å². The molecule has 1 atom stereocenters. The summed E-state index contributed by atoms with van der Waals surface area (Å²) in [7, 11) is 0. The standard InChI is InChI=1S/C13H21N3O3/c1-2-3-11-15-13(19-16-11)7-6-12(18)14-8-10(17)9-4-5-9/h9-10,17H,2-8H2,1H3,(H,14,18). The number of rotatable bonds is 8. The number of aliphatic hydroxyl groups is 1. The van der Waals surface area contributed by atoms with Gasteiger partial charge in [0.2, 0.25) is 11.8 Å². The first-order valence-electron chi connectivity index (χ1n) is 6.95. The maximum absolute atomic E-state index is 11.6. The second kappa shape index (κ2) is 6.65. The van der Waals surface area contributed by atoms with Gasteiger partial charge < -0.3 is 14.9 Å². The van der Waals surface area contributed by atoms with E-state index >= 15 is 0 Å². The molecule has 0 saturated heterocycles. The number of aromatic nitrogens is 2. The Morgan fingerprint density at radius 1 is 1.53 bits per heavy atom. The quantitative estimate of drug-likeness (QED) is 0.728. The van der Waals surface area contributed by atoms with E-state index in [0.29, 0.717) is 37.0 Å². The molecule has 0 aromatic carbocycles. The molecule has 1 fully saturated rings. The van der Waals surface area contributed by atoms with Gasteiger partial charge in [0.05, 0.1) is 6.10 Å². The van der Waals surface area contributed by atoms with Gasteiger partial charge in [0, 0.05) is 25.8 Å². The van der Waals surface area contributed by atoms with E-state index in [2.05, 4.69) is 22.4 Å². The molecular formula is C13H21N3O3. The third-order valence-electron chi connectivity index (χ3n) is 3.22. The first kappa shape index (κ1) is 14.0. The third-order valence-corrected chi connectivity index (χ3v) is 3.22. The van der Waals surface area contributed by atoms with Crippen LogP contribution in [0.4, 0.5) is 0 Å². The highest BCUT2D eigenvalue weighted by Gasteiger charge is 2.29. The van der Waals surface area contributed by atoms with Crippen LogP contribution in [-0.4, -0.2) is 33.8 Å². The molecule has 19 heavy (non-hydrogen) atoms. The lowest BCUT2D eigenvalue weighted by molar-refractivity contribution is -0.121. The van der Waals surface area contributed by atoms with Crippen LogP contribution >= 0.6 is 0 Å². The van der Waals surface area contributed by atoms with Crippen molar-refractivity contribution in [1.29, 1.82) is 0 Å². The molecule has 0 radical (unpaired) electrons. The minimum Gasteiger partial charge on any atom is -0.391 e. The molecule has 6 nitrogen and oxygen atoms in total. The molecular weight excluding hydrogens is 246 g/mol. The summed E-state index contributed by atoms with van der Waals surface area (Å²) in [6, 6.07) is 0. The topological polar surface area (TPSA) is 88.2 Å². The van der Waals surface area contributed by atoms with Crippen molar-refractivity contribution in [2.45, 2.75) is 51.6 Å². The van der Waals surface area contributed by atoms with E-state index in [-0.39, 0.29) is 5.91 Å². The molecule has 2 rings (SSSR count). The van der Waals surface area contributed by atoms with Crippen molar-refractivity contribution in [3.05, 3.63) is 11.7 Å². The predicted molar refractivity (Wildman–Crippen MR) is 68.4 cm³/mol. The maximum atomic E-state index is 11.6. The van der Waals surface area contributed by atoms with Crippen molar-refractivity contribution in [1.82, 2.24) is 15.5 Å². The van der Waals surface area contributed by atoms with Crippen molar-refractivity contribution >= 4 is 5.91 Å². The predicted octanol–water partition coefficient (Wildman–Crippen LogP) is 0.842. The molecule has 6 heteroatoms. The zero-order valence-corrected chi connectivity index (χ0v) is 11.3. The Morgan fingerprint density at radius 2 is 2.32 bits per heavy atom. The lowest BCUT2D eigenvalue weighted by Gasteiger charge is -2.09. The number of carbonyl (C=O) groups excluding carboxylic acids is 1. The molecule has 1 heterocycles. The molecule has 1 aromatic rings. The van der Waals surface area contributed by atoms with Crippen LogP contribution in [-0.2, 0) is 17.6 Å². The second-order valence-corrected chi connectivity index (χ2v) is 5.06. The third kappa shape index (κ3) is 4.63. The van der Waals surface area contributed by atoms with Crippen molar-refractivity contribution in [2.24, 2.45) is 5.92 Å². The highest BCUT2D eigenvalue weighted by molar-refractivity contribution is 5.76. The number of hydrogen-bond acceptors (Lipinski definition) is 5. The van der Waals surface area contributed by atoms with Gasteiger partial charge in [-0.15, -0.1) is 0 Å². The maximum Gasteiger partial charge on any atom is 0.227 e. The lowest BCUT2D eigenvalue weighted by Crippen LogP contribution is -2.33. The van der Waals surface area contributed by atoms with Gasteiger partial charge in [-0.2, -0.15) is 4.98 Å². The van der Waals surface area contributed by atoms with Gasteiger partial charge in [0.15, 0.2) is 5.82 Å². The summed E-state index contributed by atoms with van der Waals surface area (Å²) >= 11 is 0. The highest BCUT2D eigenvalue weighted by atomic mass is 16.5. The van der Waals surface area contributed by atoms with E-state index in [9.17, 15) is 9.90 Å². The summed E-state index contributed by atoms with van der Waals surface area (Å²) < 4.78 is 5.05. The van der Waals surface area contributed by atoms with E-state index in [1.165, 1.54) is 0 Å². The van der Waals surface area contributed by atoms with Crippen LogP contribution in [0.15, 0.2) is 4.52 Å². The number of amides is 1. The van der Waals surface area contributed by atoms with E-state index in [1.54, 1.807) is 0 Å². The van der Waals surface area contributed by atoms with Gasteiger partial charge >= 0.3 is 0 Å². The minimum atomic E-state index is -0.400. The van der Waals surface area contributed by atoms with Crippen molar-refractivity contribution in [3.63, 3.8) is 0 Å². The van der Waals surface area contributed by atoms with E-state index in [0.717, 1.165) is 25.7 Å². The number of nitrogens with zero attached hydrogens (tertiary/aromatic N) is 2. The Morgan fingerprint density at radius 3 is 3.00 bits per heavy atom. The number of carbonyl (C=O) groups is 1. The monoisotopic (exact) mass is 267 g/mol. The largest absolute Gasteiger partial charge is 0.391 e. The average molecular weight is 267 g/mol. The first-order valence-corrected chi connectivity index (χ1v) is 6.95. The Hall–Kier alpha value is -1.43. The normalized spacial score (nSPS) is 16.3. The van der Waals surface area contributed by atoms with Gasteiger partial charge in [-0.1, -0.05) is 12.1 Å². The molecule has 0 spiro atoms. The molecule has 106 valence electrons. The van der Waals surface area contributed by atoms with Gasteiger partial charge in [-0.3, -0.25) is 4.79 Å². The summed E-state index contributed by atoms with van der Waals surface area (Å²) in [4.78, 5) is 15.8. The summed E-state index contributed by atoms with van der Waals surface area (Å²) in [6.45, 7) is 2.39. The van der Waals surface area contributed by atoms with Gasteiger partial charge in [-0.05, 0) is 25.2 Å². The number of hydrogen-bond donors (Lipinski definition) is 2. The van der Waals surface area contributed by atoms with Gasteiger partial charge in [0.25, 0.3) is 0 Å². The van der Waals surface area contributed by atoms with Crippen LogP contribution in [0, 0.1) is 5.92 Å². The highest BCUT2D eigenvalue weighted by Crippen LogP contribution is 2.32.